The summed E-state index contributed by atoms with van der Waals surface area (Å²) >= 11 is 24.1. The van der Waals surface area contributed by atoms with Crippen molar-refractivity contribution in [2.24, 2.45) is 0 Å². The molecule has 2 amide bonds. The molecule has 2 aromatic rings. The lowest BCUT2D eigenvalue weighted by molar-refractivity contribution is -0.120. The van der Waals surface area contributed by atoms with E-state index in [-0.39, 0.29) is 21.4 Å². The Bertz CT molecular complexity index is 959. The van der Waals surface area contributed by atoms with E-state index in [0.717, 1.165) is 4.90 Å². The van der Waals surface area contributed by atoms with Gasteiger partial charge in [0, 0.05) is 10.0 Å². The van der Waals surface area contributed by atoms with E-state index in [0.29, 0.717) is 21.5 Å². The summed E-state index contributed by atoms with van der Waals surface area (Å²) in [5, 5.41) is 3.45. The Labute approximate surface area is 169 Å². The topological polar surface area (TPSA) is 58.6 Å². The number of carbonyl (C=O) groups excluding carboxylic acids is 2. The Hall–Kier alpha value is -1.92. The van der Waals surface area contributed by atoms with Crippen LogP contribution in [-0.4, -0.2) is 18.9 Å². The number of nitrogens with zero attached hydrogens (tertiary/aromatic N) is 1. The molecule has 9 heteroatoms. The molecule has 1 aliphatic rings. The molecule has 0 aliphatic carbocycles. The van der Waals surface area contributed by atoms with Gasteiger partial charge < -0.3 is 10.1 Å². The van der Waals surface area contributed by atoms with Crippen molar-refractivity contribution in [3.63, 3.8) is 0 Å². The Morgan fingerprint density at radius 2 is 1.58 bits per heavy atom. The zero-order chi connectivity index (χ0) is 19.0. The highest BCUT2D eigenvalue weighted by atomic mass is 35.5. The van der Waals surface area contributed by atoms with Crippen LogP contribution in [0.4, 0.5) is 11.4 Å². The van der Waals surface area contributed by atoms with E-state index in [1.807, 2.05) is 0 Å². The Morgan fingerprint density at radius 3 is 2.27 bits per heavy atom. The number of benzene rings is 2. The van der Waals surface area contributed by atoms with E-state index in [9.17, 15) is 9.59 Å². The molecule has 0 radical (unpaired) electrons. The quantitative estimate of drug-likeness (QED) is 0.684. The highest BCUT2D eigenvalue weighted by molar-refractivity contribution is 6.54. The molecular formula is C17H10Cl4N2O3. The summed E-state index contributed by atoms with van der Waals surface area (Å²) in [6.45, 7) is 0. The van der Waals surface area contributed by atoms with E-state index in [1.54, 1.807) is 24.3 Å². The number of imide groups is 1. The van der Waals surface area contributed by atoms with E-state index in [4.69, 9.17) is 51.1 Å². The van der Waals surface area contributed by atoms with Crippen molar-refractivity contribution in [3.05, 3.63) is 62.2 Å². The fourth-order valence-corrected chi connectivity index (χ4v) is 3.15. The maximum Gasteiger partial charge on any atom is 0.283 e. The monoisotopic (exact) mass is 430 g/mol. The molecule has 0 aromatic heterocycles. The molecule has 0 spiro atoms. The fourth-order valence-electron chi connectivity index (χ4n) is 2.40. The molecule has 1 N–H and O–H groups in total. The van der Waals surface area contributed by atoms with Gasteiger partial charge in [0.15, 0.2) is 0 Å². The lowest BCUT2D eigenvalue weighted by Gasteiger charge is -2.17. The van der Waals surface area contributed by atoms with Crippen LogP contribution >= 0.6 is 46.4 Å². The van der Waals surface area contributed by atoms with Crippen LogP contribution in [0.25, 0.3) is 0 Å². The van der Waals surface area contributed by atoms with Gasteiger partial charge in [-0.05, 0) is 36.4 Å². The van der Waals surface area contributed by atoms with Crippen LogP contribution in [0.5, 0.6) is 5.75 Å². The highest BCUT2D eigenvalue weighted by Gasteiger charge is 2.40. The molecule has 5 nitrogen and oxygen atoms in total. The van der Waals surface area contributed by atoms with Gasteiger partial charge in [-0.15, -0.1) is 0 Å². The molecule has 134 valence electrons. The second-order valence-electron chi connectivity index (χ2n) is 5.20. The van der Waals surface area contributed by atoms with Gasteiger partial charge in [0.1, 0.15) is 16.5 Å². The van der Waals surface area contributed by atoms with Crippen LogP contribution in [0.2, 0.25) is 15.1 Å². The van der Waals surface area contributed by atoms with Crippen LogP contribution in [-0.2, 0) is 9.59 Å². The Morgan fingerprint density at radius 1 is 0.923 bits per heavy atom. The number of rotatable bonds is 4. The lowest BCUT2D eigenvalue weighted by atomic mass is 10.2. The third-order valence-electron chi connectivity index (χ3n) is 3.60. The van der Waals surface area contributed by atoms with Gasteiger partial charge in [0.25, 0.3) is 11.8 Å². The van der Waals surface area contributed by atoms with Crippen LogP contribution in [0.3, 0.4) is 0 Å². The molecule has 0 fully saturated rings. The van der Waals surface area contributed by atoms with Crippen molar-refractivity contribution >= 4 is 69.6 Å². The van der Waals surface area contributed by atoms with Crippen LogP contribution in [0.1, 0.15) is 0 Å². The Kier molecular flexibility index (Phi) is 5.34. The summed E-state index contributed by atoms with van der Waals surface area (Å²) in [5.74, 6) is -0.971. The molecule has 0 saturated heterocycles. The van der Waals surface area contributed by atoms with Gasteiger partial charge in [-0.3, -0.25) is 9.59 Å². The van der Waals surface area contributed by atoms with Gasteiger partial charge in [-0.2, -0.15) is 0 Å². The number of hydrogen-bond donors (Lipinski definition) is 1. The van der Waals surface area contributed by atoms with Crippen molar-refractivity contribution in [1.29, 1.82) is 0 Å². The molecule has 26 heavy (non-hydrogen) atoms. The number of carbonyl (C=O) groups is 2. The third-order valence-corrected chi connectivity index (χ3v) is 4.74. The summed E-state index contributed by atoms with van der Waals surface area (Å²) in [6.07, 6.45) is 0. The van der Waals surface area contributed by atoms with Gasteiger partial charge in [-0.25, -0.2) is 4.90 Å². The molecule has 3 rings (SSSR count). The molecule has 1 heterocycles. The fraction of sp³-hybridized carbons (Fsp3) is 0.0588. The maximum atomic E-state index is 12.8. The lowest BCUT2D eigenvalue weighted by Crippen LogP contribution is -2.32. The molecule has 0 unspecified atom stereocenters. The van der Waals surface area contributed by atoms with Crippen LogP contribution in [0, 0.1) is 0 Å². The molecule has 0 bridgehead atoms. The number of nitrogens with one attached hydrogen (secondary N) is 1. The first-order valence-corrected chi connectivity index (χ1v) is 8.69. The number of amides is 2. The summed E-state index contributed by atoms with van der Waals surface area (Å²) < 4.78 is 5.22. The number of ether oxygens (including phenoxy) is 1. The summed E-state index contributed by atoms with van der Waals surface area (Å²) in [6, 6.07) is 9.23. The van der Waals surface area contributed by atoms with Gasteiger partial charge in [0.2, 0.25) is 0 Å². The average molecular weight is 432 g/mol. The second-order valence-corrected chi connectivity index (χ2v) is 6.86. The zero-order valence-corrected chi connectivity index (χ0v) is 16.2. The average Bonchev–Trinajstić information content (AvgIpc) is 2.81. The standard InChI is InChI=1S/C17H10Cl4N2O3/c1-26-13-5-3-8(18)6-11(13)22-15-14(21)16(24)23(17(15)25)12-7-9(19)2-4-10(12)20/h2-7,22H,1H3. The van der Waals surface area contributed by atoms with Crippen molar-refractivity contribution < 1.29 is 14.3 Å². The molecule has 1 aliphatic heterocycles. The van der Waals surface area contributed by atoms with E-state index >= 15 is 0 Å². The first-order valence-electron chi connectivity index (χ1n) is 7.17. The van der Waals surface area contributed by atoms with Gasteiger partial charge >= 0.3 is 0 Å². The smallest absolute Gasteiger partial charge is 0.283 e. The summed E-state index contributed by atoms with van der Waals surface area (Å²) in [4.78, 5) is 26.2. The van der Waals surface area contributed by atoms with E-state index in [2.05, 4.69) is 5.32 Å². The van der Waals surface area contributed by atoms with Crippen molar-refractivity contribution in [1.82, 2.24) is 0 Å². The Balaban J connectivity index is 2.00. The molecule has 0 saturated carbocycles. The first-order chi connectivity index (χ1) is 12.3. The molecule has 2 aromatic carbocycles. The maximum absolute atomic E-state index is 12.8. The SMILES string of the molecule is COc1ccc(Cl)cc1NC1=C(Cl)C(=O)N(c2cc(Cl)ccc2Cl)C1=O. The highest BCUT2D eigenvalue weighted by Crippen LogP contribution is 2.37. The summed E-state index contributed by atoms with van der Waals surface area (Å²) in [7, 11) is 1.46. The van der Waals surface area contributed by atoms with E-state index < -0.39 is 11.8 Å². The molecular weight excluding hydrogens is 422 g/mol. The van der Waals surface area contributed by atoms with Crippen molar-refractivity contribution in [2.45, 2.75) is 0 Å². The number of halogens is 4. The van der Waals surface area contributed by atoms with Crippen molar-refractivity contribution in [2.75, 3.05) is 17.3 Å². The summed E-state index contributed by atoms with van der Waals surface area (Å²) in [5.41, 5.74) is 0.406. The minimum absolute atomic E-state index is 0.117. The van der Waals surface area contributed by atoms with Crippen molar-refractivity contribution in [3.8, 4) is 5.75 Å². The van der Waals surface area contributed by atoms with E-state index in [1.165, 1.54) is 19.2 Å². The third kappa shape index (κ3) is 3.35. The minimum Gasteiger partial charge on any atom is -0.495 e. The van der Waals surface area contributed by atoms with Gasteiger partial charge in [0.05, 0.1) is 23.5 Å². The molecule has 0 atom stereocenters. The number of anilines is 2. The van der Waals surface area contributed by atoms with Crippen LogP contribution < -0.4 is 15.0 Å². The first kappa shape index (κ1) is 18.9. The second kappa shape index (κ2) is 7.37. The minimum atomic E-state index is -0.718. The van der Waals surface area contributed by atoms with Gasteiger partial charge in [-0.1, -0.05) is 46.4 Å². The normalized spacial score (nSPS) is 14.3. The van der Waals surface area contributed by atoms with Crippen LogP contribution in [0.15, 0.2) is 47.1 Å². The predicted octanol–water partition coefficient (Wildman–Crippen LogP) is 5.09. The zero-order valence-electron chi connectivity index (χ0n) is 13.1. The number of hydrogen-bond acceptors (Lipinski definition) is 4. The predicted molar refractivity (Wildman–Crippen MR) is 103 cm³/mol. The number of methoxy groups -OCH3 is 1. The largest absolute Gasteiger partial charge is 0.495 e.